The van der Waals surface area contributed by atoms with Crippen molar-refractivity contribution in [3.63, 3.8) is 0 Å². The number of ether oxygens (including phenoxy) is 1. The third-order valence-electron chi connectivity index (χ3n) is 2.13. The summed E-state index contributed by atoms with van der Waals surface area (Å²) in [6.45, 7) is 4.05. The van der Waals surface area contributed by atoms with Gasteiger partial charge in [-0.2, -0.15) is 0 Å². The highest BCUT2D eigenvalue weighted by Gasteiger charge is 2.22. The number of halogens is 1. The van der Waals surface area contributed by atoms with Gasteiger partial charge in [-0.15, -0.1) is 0 Å². The molecule has 1 N–H and O–H groups in total. The summed E-state index contributed by atoms with van der Waals surface area (Å²) in [5.74, 6) is -0.633. The third-order valence-corrected chi connectivity index (χ3v) is 2.13. The number of rotatable bonds is 5. The predicted molar refractivity (Wildman–Crippen MR) is 62.6 cm³/mol. The molecule has 0 saturated carbocycles. The van der Waals surface area contributed by atoms with Crippen LogP contribution in [-0.2, 0) is 4.74 Å². The Labute approximate surface area is 98.7 Å². The quantitative estimate of drug-likeness (QED) is 0.636. The first-order valence-corrected chi connectivity index (χ1v) is 5.07. The third kappa shape index (κ3) is 3.67. The Morgan fingerprint density at radius 1 is 1.53 bits per heavy atom. The lowest BCUT2D eigenvalue weighted by Gasteiger charge is -2.26. The van der Waals surface area contributed by atoms with E-state index in [1.807, 2.05) is 13.8 Å². The second-order valence-electron chi connectivity index (χ2n) is 4.36. The number of benzene rings is 1. The van der Waals surface area contributed by atoms with E-state index in [0.29, 0.717) is 6.61 Å². The Morgan fingerprint density at radius 3 is 2.71 bits per heavy atom. The van der Waals surface area contributed by atoms with Gasteiger partial charge in [0.05, 0.1) is 23.1 Å². The van der Waals surface area contributed by atoms with E-state index in [9.17, 15) is 14.5 Å². The molecule has 17 heavy (non-hydrogen) atoms. The van der Waals surface area contributed by atoms with Gasteiger partial charge in [0.25, 0.3) is 5.69 Å². The van der Waals surface area contributed by atoms with Crippen molar-refractivity contribution >= 4 is 11.4 Å². The van der Waals surface area contributed by atoms with Crippen LogP contribution in [0.5, 0.6) is 0 Å². The van der Waals surface area contributed by atoms with Gasteiger partial charge in [-0.3, -0.25) is 10.1 Å². The fraction of sp³-hybridized carbons (Fsp3) is 0.455. The zero-order chi connectivity index (χ0) is 13.1. The van der Waals surface area contributed by atoms with Crippen LogP contribution in [0.1, 0.15) is 13.8 Å². The maximum atomic E-state index is 12.9. The second-order valence-corrected chi connectivity index (χ2v) is 4.36. The molecule has 0 fully saturated rings. The van der Waals surface area contributed by atoms with Gasteiger partial charge in [-0.25, -0.2) is 4.39 Å². The summed E-state index contributed by atoms with van der Waals surface area (Å²) >= 11 is 0. The number of hydrogen-bond acceptors (Lipinski definition) is 4. The van der Waals surface area contributed by atoms with E-state index in [0.717, 1.165) is 6.07 Å². The van der Waals surface area contributed by atoms with Crippen LogP contribution in [0.3, 0.4) is 0 Å². The van der Waals surface area contributed by atoms with Crippen molar-refractivity contribution in [1.82, 2.24) is 0 Å². The fourth-order valence-corrected chi connectivity index (χ4v) is 1.52. The van der Waals surface area contributed by atoms with Crippen molar-refractivity contribution < 1.29 is 14.1 Å². The van der Waals surface area contributed by atoms with Crippen molar-refractivity contribution in [2.75, 3.05) is 19.0 Å². The molecular formula is C11H15FN2O3. The van der Waals surface area contributed by atoms with Gasteiger partial charge < -0.3 is 10.1 Å². The van der Waals surface area contributed by atoms with E-state index < -0.39 is 16.3 Å². The molecule has 0 bridgehead atoms. The van der Waals surface area contributed by atoms with Gasteiger partial charge in [0.1, 0.15) is 11.5 Å². The lowest BCUT2D eigenvalue weighted by molar-refractivity contribution is -0.384. The molecule has 5 nitrogen and oxygen atoms in total. The van der Waals surface area contributed by atoms with Crippen molar-refractivity contribution in [1.29, 1.82) is 0 Å². The van der Waals surface area contributed by atoms with Gasteiger partial charge in [0, 0.05) is 7.11 Å². The average molecular weight is 242 g/mol. The summed E-state index contributed by atoms with van der Waals surface area (Å²) in [5, 5.41) is 13.7. The molecule has 94 valence electrons. The number of nitro groups is 1. The molecule has 0 saturated heterocycles. The predicted octanol–water partition coefficient (Wildman–Crippen LogP) is 2.57. The van der Waals surface area contributed by atoms with Crippen LogP contribution >= 0.6 is 0 Å². The van der Waals surface area contributed by atoms with Crippen LogP contribution in [0, 0.1) is 15.9 Å². The minimum absolute atomic E-state index is 0.276. The summed E-state index contributed by atoms with van der Waals surface area (Å²) in [6.07, 6.45) is 0. The Balaban J connectivity index is 3.02. The molecule has 0 aromatic heterocycles. The van der Waals surface area contributed by atoms with Gasteiger partial charge in [0.2, 0.25) is 0 Å². The highest BCUT2D eigenvalue weighted by atomic mass is 19.1. The SMILES string of the molecule is COCC(C)(C)Nc1ccc(F)cc1[N+](=O)[O-]. The molecule has 0 aliphatic carbocycles. The minimum atomic E-state index is -0.633. The molecule has 1 aromatic carbocycles. The number of anilines is 1. The largest absolute Gasteiger partial charge is 0.382 e. The fourth-order valence-electron chi connectivity index (χ4n) is 1.52. The second kappa shape index (κ2) is 5.09. The molecule has 0 heterocycles. The summed E-state index contributed by atoms with van der Waals surface area (Å²) in [4.78, 5) is 10.2. The topological polar surface area (TPSA) is 64.4 Å². The lowest BCUT2D eigenvalue weighted by atomic mass is 10.1. The molecule has 0 aliphatic rings. The molecule has 1 aromatic rings. The summed E-state index contributed by atoms with van der Waals surface area (Å²) in [6, 6.07) is 3.42. The Hall–Kier alpha value is -1.69. The number of nitrogens with one attached hydrogen (secondary N) is 1. The standard InChI is InChI=1S/C11H15FN2O3/c1-11(2,7-17-3)13-9-5-4-8(12)6-10(9)14(15)16/h4-6,13H,7H2,1-3H3. The van der Waals surface area contributed by atoms with E-state index in [2.05, 4.69) is 5.32 Å². The highest BCUT2D eigenvalue weighted by Crippen LogP contribution is 2.27. The maximum Gasteiger partial charge on any atom is 0.295 e. The van der Waals surface area contributed by atoms with Crippen LogP contribution in [-0.4, -0.2) is 24.2 Å². The Kier molecular flexibility index (Phi) is 4.01. The minimum Gasteiger partial charge on any atom is -0.382 e. The molecule has 0 radical (unpaired) electrons. The van der Waals surface area contributed by atoms with Crippen LogP contribution in [0.15, 0.2) is 18.2 Å². The van der Waals surface area contributed by atoms with E-state index >= 15 is 0 Å². The number of nitrogens with zero attached hydrogens (tertiary/aromatic N) is 1. The maximum absolute atomic E-state index is 12.9. The first kappa shape index (κ1) is 13.4. The lowest BCUT2D eigenvalue weighted by Crippen LogP contribution is -2.36. The van der Waals surface area contributed by atoms with E-state index in [1.54, 1.807) is 7.11 Å². The molecule has 1 rings (SSSR count). The van der Waals surface area contributed by atoms with Crippen LogP contribution in [0.25, 0.3) is 0 Å². The van der Waals surface area contributed by atoms with E-state index in [1.165, 1.54) is 12.1 Å². The Bertz CT molecular complexity index is 421. The van der Waals surface area contributed by atoms with Crippen molar-refractivity contribution in [3.05, 3.63) is 34.1 Å². The van der Waals surface area contributed by atoms with Crippen LogP contribution < -0.4 is 5.32 Å². The molecule has 0 amide bonds. The summed E-state index contributed by atoms with van der Waals surface area (Å²) in [7, 11) is 1.54. The highest BCUT2D eigenvalue weighted by molar-refractivity contribution is 5.62. The molecule has 0 atom stereocenters. The number of nitro benzene ring substituents is 1. The zero-order valence-corrected chi connectivity index (χ0v) is 9.99. The summed E-state index contributed by atoms with van der Waals surface area (Å²) < 4.78 is 17.9. The molecule has 6 heteroatoms. The van der Waals surface area contributed by atoms with Crippen molar-refractivity contribution in [3.8, 4) is 0 Å². The zero-order valence-electron chi connectivity index (χ0n) is 9.99. The van der Waals surface area contributed by atoms with Gasteiger partial charge in [0.15, 0.2) is 0 Å². The summed E-state index contributed by atoms with van der Waals surface area (Å²) in [5.41, 5.74) is -0.482. The Morgan fingerprint density at radius 2 is 2.18 bits per heavy atom. The van der Waals surface area contributed by atoms with Gasteiger partial charge in [-0.1, -0.05) is 0 Å². The van der Waals surface area contributed by atoms with E-state index in [4.69, 9.17) is 4.74 Å². The van der Waals surface area contributed by atoms with Crippen LogP contribution in [0.2, 0.25) is 0 Å². The van der Waals surface area contributed by atoms with E-state index in [-0.39, 0.29) is 11.4 Å². The monoisotopic (exact) mass is 242 g/mol. The molecule has 0 aliphatic heterocycles. The van der Waals surface area contributed by atoms with Gasteiger partial charge >= 0.3 is 0 Å². The molecule has 0 spiro atoms. The van der Waals surface area contributed by atoms with Gasteiger partial charge in [-0.05, 0) is 26.0 Å². The smallest absolute Gasteiger partial charge is 0.295 e. The average Bonchev–Trinajstić information content (AvgIpc) is 2.20. The first-order chi connectivity index (χ1) is 7.85. The number of hydrogen-bond donors (Lipinski definition) is 1. The van der Waals surface area contributed by atoms with Crippen LogP contribution in [0.4, 0.5) is 15.8 Å². The molecular weight excluding hydrogens is 227 g/mol. The normalized spacial score (nSPS) is 11.3. The first-order valence-electron chi connectivity index (χ1n) is 5.07. The van der Waals surface area contributed by atoms with Crippen molar-refractivity contribution in [2.24, 2.45) is 0 Å². The molecule has 0 unspecified atom stereocenters. The van der Waals surface area contributed by atoms with Crippen molar-refractivity contribution in [2.45, 2.75) is 19.4 Å². The number of methoxy groups -OCH3 is 1.